The first-order valence-electron chi connectivity index (χ1n) is 8.83. The van der Waals surface area contributed by atoms with Crippen LogP contribution in [-0.2, 0) is 13.2 Å². The van der Waals surface area contributed by atoms with Gasteiger partial charge in [-0.3, -0.25) is 0 Å². The van der Waals surface area contributed by atoms with Gasteiger partial charge in [-0.15, -0.1) is 0 Å². The zero-order valence-electron chi connectivity index (χ0n) is 14.7. The van der Waals surface area contributed by atoms with Gasteiger partial charge in [-0.1, -0.05) is 48.7 Å². The zero-order chi connectivity index (χ0) is 16.8. The fraction of sp³-hybridized carbons (Fsp3) is 0.429. The monoisotopic (exact) mass is 325 g/mol. The first-order valence-corrected chi connectivity index (χ1v) is 8.83. The van der Waals surface area contributed by atoms with Gasteiger partial charge in [0, 0.05) is 12.6 Å². The molecular formula is C21H27NO2. The number of aryl methyl sites for hydroxylation is 1. The number of nitrogens with one attached hydrogen (secondary N) is 1. The standard InChI is InChI=1S/C21H27NO2/c1-16-6-5-7-18(12-16)15-24-20-11-10-17(13-21(20)23-2)14-22-19-8-3-4-9-19/h5-7,10-13,19,22H,3-4,8-9,14-15H2,1-2H3. The average molecular weight is 325 g/mol. The molecule has 1 fully saturated rings. The maximum absolute atomic E-state index is 5.96. The van der Waals surface area contributed by atoms with Crippen LogP contribution < -0.4 is 14.8 Å². The predicted molar refractivity (Wildman–Crippen MR) is 97.6 cm³/mol. The van der Waals surface area contributed by atoms with E-state index in [0.29, 0.717) is 12.6 Å². The van der Waals surface area contributed by atoms with E-state index in [2.05, 4.69) is 48.6 Å². The van der Waals surface area contributed by atoms with Crippen LogP contribution in [0.5, 0.6) is 11.5 Å². The third-order valence-corrected chi connectivity index (χ3v) is 4.65. The lowest BCUT2D eigenvalue weighted by Gasteiger charge is -2.15. The van der Waals surface area contributed by atoms with Gasteiger partial charge < -0.3 is 14.8 Å². The molecule has 1 aliphatic carbocycles. The van der Waals surface area contributed by atoms with E-state index in [1.54, 1.807) is 7.11 Å². The van der Waals surface area contributed by atoms with Crippen LogP contribution in [0, 0.1) is 6.92 Å². The highest BCUT2D eigenvalue weighted by atomic mass is 16.5. The maximum Gasteiger partial charge on any atom is 0.161 e. The molecule has 1 saturated carbocycles. The Kier molecular flexibility index (Phi) is 5.76. The number of hydrogen-bond donors (Lipinski definition) is 1. The SMILES string of the molecule is COc1cc(CNC2CCCC2)ccc1OCc1cccc(C)c1. The van der Waals surface area contributed by atoms with Crippen molar-refractivity contribution in [2.75, 3.05) is 7.11 Å². The molecule has 0 bridgehead atoms. The van der Waals surface area contributed by atoms with Crippen LogP contribution in [-0.4, -0.2) is 13.2 Å². The summed E-state index contributed by atoms with van der Waals surface area (Å²) in [6.07, 6.45) is 5.31. The predicted octanol–water partition coefficient (Wildman–Crippen LogP) is 4.61. The van der Waals surface area contributed by atoms with Crippen molar-refractivity contribution in [2.45, 2.75) is 51.8 Å². The second kappa shape index (κ2) is 8.20. The van der Waals surface area contributed by atoms with E-state index >= 15 is 0 Å². The van der Waals surface area contributed by atoms with Crippen LogP contribution in [0.2, 0.25) is 0 Å². The van der Waals surface area contributed by atoms with Gasteiger partial charge in [0.2, 0.25) is 0 Å². The molecule has 0 aliphatic heterocycles. The molecule has 3 heteroatoms. The Morgan fingerprint density at radius 1 is 1.00 bits per heavy atom. The number of hydrogen-bond acceptors (Lipinski definition) is 3. The zero-order valence-corrected chi connectivity index (χ0v) is 14.7. The molecular weight excluding hydrogens is 298 g/mol. The normalized spacial score (nSPS) is 14.8. The van der Waals surface area contributed by atoms with Crippen molar-refractivity contribution in [3.05, 3.63) is 59.2 Å². The van der Waals surface area contributed by atoms with E-state index in [9.17, 15) is 0 Å². The number of ether oxygens (including phenoxy) is 2. The average Bonchev–Trinajstić information content (AvgIpc) is 3.12. The van der Waals surface area contributed by atoms with Gasteiger partial charge in [0.15, 0.2) is 11.5 Å². The van der Waals surface area contributed by atoms with Crippen LogP contribution in [0.4, 0.5) is 0 Å². The fourth-order valence-corrected chi connectivity index (χ4v) is 3.30. The van der Waals surface area contributed by atoms with Crippen LogP contribution >= 0.6 is 0 Å². The molecule has 3 rings (SSSR count). The van der Waals surface area contributed by atoms with Crippen molar-refractivity contribution in [3.63, 3.8) is 0 Å². The van der Waals surface area contributed by atoms with E-state index in [4.69, 9.17) is 9.47 Å². The molecule has 2 aromatic carbocycles. The minimum atomic E-state index is 0.553. The number of methoxy groups -OCH3 is 1. The lowest BCUT2D eigenvalue weighted by Crippen LogP contribution is -2.25. The van der Waals surface area contributed by atoms with Crippen molar-refractivity contribution in [1.82, 2.24) is 5.32 Å². The lowest BCUT2D eigenvalue weighted by molar-refractivity contribution is 0.284. The van der Waals surface area contributed by atoms with Gasteiger partial charge in [-0.25, -0.2) is 0 Å². The van der Waals surface area contributed by atoms with E-state index in [-0.39, 0.29) is 0 Å². The Morgan fingerprint density at radius 2 is 1.83 bits per heavy atom. The molecule has 0 radical (unpaired) electrons. The molecule has 1 N–H and O–H groups in total. The van der Waals surface area contributed by atoms with Crippen LogP contribution in [0.15, 0.2) is 42.5 Å². The summed E-state index contributed by atoms with van der Waals surface area (Å²) in [5.74, 6) is 1.59. The Hall–Kier alpha value is -2.00. The number of benzene rings is 2. The fourth-order valence-electron chi connectivity index (χ4n) is 3.30. The summed E-state index contributed by atoms with van der Waals surface area (Å²) in [6.45, 7) is 3.53. The maximum atomic E-state index is 5.96. The van der Waals surface area contributed by atoms with Crippen molar-refractivity contribution in [3.8, 4) is 11.5 Å². The topological polar surface area (TPSA) is 30.5 Å². The van der Waals surface area contributed by atoms with Crippen molar-refractivity contribution in [2.24, 2.45) is 0 Å². The van der Waals surface area contributed by atoms with Crippen LogP contribution in [0.3, 0.4) is 0 Å². The lowest BCUT2D eigenvalue weighted by atomic mass is 10.1. The van der Waals surface area contributed by atoms with Gasteiger partial charge >= 0.3 is 0 Å². The van der Waals surface area contributed by atoms with Gasteiger partial charge in [0.25, 0.3) is 0 Å². The second-order valence-corrected chi connectivity index (χ2v) is 6.63. The quantitative estimate of drug-likeness (QED) is 0.806. The largest absolute Gasteiger partial charge is 0.493 e. The van der Waals surface area contributed by atoms with E-state index in [1.807, 2.05) is 6.07 Å². The molecule has 0 amide bonds. The number of rotatable bonds is 7. The molecule has 0 unspecified atom stereocenters. The molecule has 2 aromatic rings. The van der Waals surface area contributed by atoms with Crippen LogP contribution in [0.1, 0.15) is 42.4 Å². The minimum absolute atomic E-state index is 0.553. The molecule has 128 valence electrons. The van der Waals surface area contributed by atoms with Crippen LogP contribution in [0.25, 0.3) is 0 Å². The summed E-state index contributed by atoms with van der Waals surface area (Å²) in [6, 6.07) is 15.3. The van der Waals surface area contributed by atoms with Gasteiger partial charge in [-0.05, 0) is 43.0 Å². The Morgan fingerprint density at radius 3 is 2.58 bits per heavy atom. The molecule has 1 aliphatic rings. The summed E-state index contributed by atoms with van der Waals surface area (Å²) in [7, 11) is 1.70. The van der Waals surface area contributed by atoms with Gasteiger partial charge in [0.1, 0.15) is 6.61 Å². The molecule has 0 spiro atoms. The minimum Gasteiger partial charge on any atom is -0.493 e. The Labute approximate surface area is 145 Å². The molecule has 0 atom stereocenters. The third kappa shape index (κ3) is 4.51. The molecule has 3 nitrogen and oxygen atoms in total. The first-order chi connectivity index (χ1) is 11.7. The highest BCUT2D eigenvalue weighted by molar-refractivity contribution is 5.43. The summed E-state index contributed by atoms with van der Waals surface area (Å²) in [5.41, 5.74) is 3.65. The van der Waals surface area contributed by atoms with Crippen molar-refractivity contribution in [1.29, 1.82) is 0 Å². The summed E-state index contributed by atoms with van der Waals surface area (Å²) < 4.78 is 11.5. The van der Waals surface area contributed by atoms with Gasteiger partial charge in [-0.2, -0.15) is 0 Å². The highest BCUT2D eigenvalue weighted by Gasteiger charge is 2.14. The van der Waals surface area contributed by atoms with Crippen molar-refractivity contribution < 1.29 is 9.47 Å². The second-order valence-electron chi connectivity index (χ2n) is 6.63. The third-order valence-electron chi connectivity index (χ3n) is 4.65. The summed E-state index contributed by atoms with van der Waals surface area (Å²) >= 11 is 0. The smallest absolute Gasteiger partial charge is 0.161 e. The molecule has 0 aromatic heterocycles. The molecule has 24 heavy (non-hydrogen) atoms. The van der Waals surface area contributed by atoms with Crippen molar-refractivity contribution >= 4 is 0 Å². The molecule has 0 saturated heterocycles. The summed E-state index contributed by atoms with van der Waals surface area (Å²) in [5, 5.41) is 3.64. The Balaban J connectivity index is 1.60. The summed E-state index contributed by atoms with van der Waals surface area (Å²) in [4.78, 5) is 0. The van der Waals surface area contributed by atoms with E-state index in [1.165, 1.54) is 42.4 Å². The highest BCUT2D eigenvalue weighted by Crippen LogP contribution is 2.29. The van der Waals surface area contributed by atoms with E-state index < -0.39 is 0 Å². The Bertz CT molecular complexity index is 663. The van der Waals surface area contributed by atoms with Gasteiger partial charge in [0.05, 0.1) is 7.11 Å². The van der Waals surface area contributed by atoms with E-state index in [0.717, 1.165) is 18.0 Å². The molecule has 0 heterocycles. The first kappa shape index (κ1) is 16.8.